The molecule has 0 heterocycles. The van der Waals surface area contributed by atoms with Crippen molar-refractivity contribution >= 4 is 21.9 Å². The van der Waals surface area contributed by atoms with Crippen molar-refractivity contribution in [2.24, 2.45) is 0 Å². The Morgan fingerprint density at radius 2 is 2.05 bits per heavy atom. The van der Waals surface area contributed by atoms with Gasteiger partial charge in [0.25, 0.3) is 0 Å². The molecule has 6 nitrogen and oxygen atoms in total. The highest BCUT2D eigenvalue weighted by Gasteiger charge is 2.28. The molecule has 0 bridgehead atoms. The van der Waals surface area contributed by atoms with E-state index in [0.717, 1.165) is 0 Å². The summed E-state index contributed by atoms with van der Waals surface area (Å²) in [6, 6.07) is 2.71. The lowest BCUT2D eigenvalue weighted by atomic mass is 10.0. The average molecular weight is 335 g/mol. The molecule has 1 rings (SSSR count). The van der Waals surface area contributed by atoms with Gasteiger partial charge in [-0.2, -0.15) is 0 Å². The molecule has 0 aliphatic carbocycles. The van der Waals surface area contributed by atoms with Gasteiger partial charge in [0.15, 0.2) is 17.6 Å². The van der Waals surface area contributed by atoms with Crippen LogP contribution < -0.4 is 4.74 Å². The van der Waals surface area contributed by atoms with Gasteiger partial charge in [-0.25, -0.2) is 4.79 Å². The predicted molar refractivity (Wildman–Crippen MR) is 70.0 cm³/mol. The maximum absolute atomic E-state index is 11.3. The van der Waals surface area contributed by atoms with Gasteiger partial charge in [0.2, 0.25) is 0 Å². The van der Waals surface area contributed by atoms with Crippen LogP contribution in [0.2, 0.25) is 0 Å². The number of methoxy groups -OCH3 is 1. The summed E-state index contributed by atoms with van der Waals surface area (Å²) in [6.07, 6.45) is -3.19. The fourth-order valence-corrected chi connectivity index (χ4v) is 1.92. The first-order valence-corrected chi connectivity index (χ1v) is 6.30. The molecule has 0 aliphatic heterocycles. The molecule has 0 aromatic heterocycles. The van der Waals surface area contributed by atoms with Crippen LogP contribution in [0.25, 0.3) is 0 Å². The van der Waals surface area contributed by atoms with E-state index in [-0.39, 0.29) is 28.1 Å². The molecule has 0 spiro atoms. The van der Waals surface area contributed by atoms with E-state index in [1.54, 1.807) is 6.92 Å². The number of hydrogen-bond donors (Lipinski definition) is 3. The van der Waals surface area contributed by atoms with E-state index in [9.17, 15) is 20.1 Å². The number of ether oxygens (including phenoxy) is 2. The first-order chi connectivity index (χ1) is 8.92. The summed E-state index contributed by atoms with van der Waals surface area (Å²) < 4.78 is 9.81. The molecule has 0 aliphatic rings. The van der Waals surface area contributed by atoms with Crippen LogP contribution in [0.4, 0.5) is 0 Å². The molecule has 7 heteroatoms. The number of phenolic OH excluding ortho intramolecular Hbond substituents is 1. The highest BCUT2D eigenvalue weighted by atomic mass is 79.9. The number of esters is 1. The second kappa shape index (κ2) is 6.74. The van der Waals surface area contributed by atoms with E-state index in [2.05, 4.69) is 20.7 Å². The Hall–Kier alpha value is -1.31. The molecule has 106 valence electrons. The van der Waals surface area contributed by atoms with Crippen LogP contribution in [0.3, 0.4) is 0 Å². The standard InChI is InChI=1S/C12H15BrO6/c1-3-19-12(17)11(16)9(14)6-4-7(13)10(15)8(5-6)18-2/h4-5,9,11,14-16H,3H2,1-2H3. The van der Waals surface area contributed by atoms with Gasteiger partial charge in [-0.3, -0.25) is 0 Å². The van der Waals surface area contributed by atoms with Crippen molar-refractivity contribution in [1.29, 1.82) is 0 Å². The third-order valence-electron chi connectivity index (χ3n) is 2.44. The van der Waals surface area contributed by atoms with Crippen LogP contribution in [0.15, 0.2) is 16.6 Å². The number of aliphatic hydroxyl groups excluding tert-OH is 2. The number of halogens is 1. The summed E-state index contributed by atoms with van der Waals surface area (Å²) in [7, 11) is 1.35. The lowest BCUT2D eigenvalue weighted by molar-refractivity contribution is -0.159. The van der Waals surface area contributed by atoms with Crippen LogP contribution in [0.5, 0.6) is 11.5 Å². The van der Waals surface area contributed by atoms with Crippen LogP contribution in [0.1, 0.15) is 18.6 Å². The summed E-state index contributed by atoms with van der Waals surface area (Å²) in [5.41, 5.74) is 0.210. The second-order valence-electron chi connectivity index (χ2n) is 3.70. The Balaban J connectivity index is 3.02. The zero-order valence-electron chi connectivity index (χ0n) is 10.5. The number of aromatic hydroxyl groups is 1. The minimum atomic E-state index is -1.71. The number of hydrogen-bond acceptors (Lipinski definition) is 6. The topological polar surface area (TPSA) is 96.2 Å². The molecule has 0 fully saturated rings. The van der Waals surface area contributed by atoms with Gasteiger partial charge >= 0.3 is 5.97 Å². The third kappa shape index (κ3) is 3.59. The third-order valence-corrected chi connectivity index (χ3v) is 3.04. The molecule has 0 radical (unpaired) electrons. The molecular weight excluding hydrogens is 320 g/mol. The van der Waals surface area contributed by atoms with Gasteiger partial charge in [-0.05, 0) is 40.5 Å². The summed E-state index contributed by atoms with van der Waals surface area (Å²) in [5, 5.41) is 29.2. The number of carbonyl (C=O) groups is 1. The molecule has 0 saturated carbocycles. The van der Waals surface area contributed by atoms with Crippen molar-refractivity contribution in [1.82, 2.24) is 0 Å². The first kappa shape index (κ1) is 15.7. The van der Waals surface area contributed by atoms with E-state index < -0.39 is 18.2 Å². The fourth-order valence-electron chi connectivity index (χ4n) is 1.46. The van der Waals surface area contributed by atoms with Crippen molar-refractivity contribution in [2.75, 3.05) is 13.7 Å². The maximum Gasteiger partial charge on any atom is 0.338 e. The van der Waals surface area contributed by atoms with Gasteiger partial charge in [0, 0.05) is 0 Å². The van der Waals surface area contributed by atoms with Crippen molar-refractivity contribution in [3.05, 3.63) is 22.2 Å². The molecule has 0 saturated heterocycles. The Morgan fingerprint density at radius 1 is 1.42 bits per heavy atom. The molecule has 1 aromatic carbocycles. The monoisotopic (exact) mass is 334 g/mol. The zero-order valence-corrected chi connectivity index (χ0v) is 12.0. The maximum atomic E-state index is 11.3. The lowest BCUT2D eigenvalue weighted by Crippen LogP contribution is -2.29. The van der Waals surface area contributed by atoms with Crippen molar-refractivity contribution < 1.29 is 29.6 Å². The highest BCUT2D eigenvalue weighted by molar-refractivity contribution is 9.10. The van der Waals surface area contributed by atoms with Crippen molar-refractivity contribution in [2.45, 2.75) is 19.1 Å². The summed E-state index contributed by atoms with van der Waals surface area (Å²) in [5.74, 6) is -0.943. The van der Waals surface area contributed by atoms with Gasteiger partial charge < -0.3 is 24.8 Å². The van der Waals surface area contributed by atoms with Crippen LogP contribution in [0, 0.1) is 0 Å². The summed E-state index contributed by atoms with van der Waals surface area (Å²) in [4.78, 5) is 11.3. The number of carbonyl (C=O) groups excluding carboxylic acids is 1. The first-order valence-electron chi connectivity index (χ1n) is 5.51. The lowest BCUT2D eigenvalue weighted by Gasteiger charge is -2.18. The predicted octanol–water partition coefficient (Wildman–Crippen LogP) is 1.12. The molecule has 3 N–H and O–H groups in total. The minimum Gasteiger partial charge on any atom is -0.503 e. The molecule has 2 atom stereocenters. The minimum absolute atomic E-state index is 0.102. The van der Waals surface area contributed by atoms with E-state index in [1.807, 2.05) is 0 Å². The second-order valence-corrected chi connectivity index (χ2v) is 4.55. The summed E-state index contributed by atoms with van der Waals surface area (Å²) in [6.45, 7) is 1.70. The van der Waals surface area contributed by atoms with E-state index in [0.29, 0.717) is 0 Å². The Bertz CT molecular complexity index is 462. The molecule has 19 heavy (non-hydrogen) atoms. The Morgan fingerprint density at radius 3 is 2.58 bits per heavy atom. The quantitative estimate of drug-likeness (QED) is 0.698. The number of rotatable bonds is 5. The van der Waals surface area contributed by atoms with E-state index >= 15 is 0 Å². The number of phenols is 1. The SMILES string of the molecule is CCOC(=O)C(O)C(O)c1cc(Br)c(O)c(OC)c1. The van der Waals surface area contributed by atoms with Crippen LogP contribution >= 0.6 is 15.9 Å². The van der Waals surface area contributed by atoms with Gasteiger partial charge in [-0.1, -0.05) is 0 Å². The molecule has 2 unspecified atom stereocenters. The van der Waals surface area contributed by atoms with E-state index in [1.165, 1.54) is 19.2 Å². The fraction of sp³-hybridized carbons (Fsp3) is 0.417. The smallest absolute Gasteiger partial charge is 0.338 e. The van der Waals surface area contributed by atoms with Crippen LogP contribution in [-0.4, -0.2) is 41.1 Å². The Kier molecular flexibility index (Phi) is 5.59. The largest absolute Gasteiger partial charge is 0.503 e. The molecule has 1 aromatic rings. The average Bonchev–Trinajstić information content (AvgIpc) is 2.40. The highest BCUT2D eigenvalue weighted by Crippen LogP contribution is 2.37. The van der Waals surface area contributed by atoms with Gasteiger partial charge in [-0.15, -0.1) is 0 Å². The van der Waals surface area contributed by atoms with Gasteiger partial charge in [0.1, 0.15) is 6.10 Å². The van der Waals surface area contributed by atoms with Crippen molar-refractivity contribution in [3.63, 3.8) is 0 Å². The van der Waals surface area contributed by atoms with Crippen LogP contribution in [-0.2, 0) is 9.53 Å². The zero-order chi connectivity index (χ0) is 14.6. The Labute approximate surface area is 118 Å². The molecule has 0 amide bonds. The molecular formula is C12H15BrO6. The number of benzene rings is 1. The van der Waals surface area contributed by atoms with Gasteiger partial charge in [0.05, 0.1) is 18.2 Å². The number of aliphatic hydroxyl groups is 2. The van der Waals surface area contributed by atoms with E-state index in [4.69, 9.17) is 4.74 Å². The van der Waals surface area contributed by atoms with Crippen molar-refractivity contribution in [3.8, 4) is 11.5 Å². The normalized spacial score (nSPS) is 13.7. The summed E-state index contributed by atoms with van der Waals surface area (Å²) >= 11 is 3.08.